The minimum absolute atomic E-state index is 0.278. The average Bonchev–Trinajstić information content (AvgIpc) is 2.43. The molecule has 21 heavy (non-hydrogen) atoms. The molecule has 1 heterocycles. The van der Waals surface area contributed by atoms with Crippen LogP contribution in [0.15, 0.2) is 24.3 Å². The lowest BCUT2D eigenvalue weighted by atomic mass is 9.86. The maximum absolute atomic E-state index is 10.2. The van der Waals surface area contributed by atoms with E-state index < -0.39 is 6.10 Å². The Kier molecular flexibility index (Phi) is 5.48. The number of aliphatic hydroxyl groups excluding tert-OH is 1. The largest absolute Gasteiger partial charge is 0.489 e. The highest BCUT2D eigenvalue weighted by molar-refractivity contribution is 5.51. The van der Waals surface area contributed by atoms with Crippen molar-refractivity contribution in [3.05, 3.63) is 24.3 Å². The van der Waals surface area contributed by atoms with Crippen LogP contribution in [0.2, 0.25) is 0 Å². The third kappa shape index (κ3) is 4.35. The second-order valence-electron chi connectivity index (χ2n) is 6.52. The fourth-order valence-electron chi connectivity index (χ4n) is 3.19. The highest BCUT2D eigenvalue weighted by atomic mass is 16.5. The Balaban J connectivity index is 1.84. The molecule has 0 radical (unpaired) electrons. The predicted octanol–water partition coefficient (Wildman–Crippen LogP) is 2.37. The molecule has 0 bridgehead atoms. The number of piperidine rings is 1. The van der Waals surface area contributed by atoms with Crippen molar-refractivity contribution < 1.29 is 9.84 Å². The van der Waals surface area contributed by atoms with Gasteiger partial charge in [0.25, 0.3) is 0 Å². The maximum Gasteiger partial charge on any atom is 0.142 e. The zero-order valence-corrected chi connectivity index (χ0v) is 13.3. The van der Waals surface area contributed by atoms with Gasteiger partial charge in [-0.15, -0.1) is 0 Å². The Labute approximate surface area is 127 Å². The summed E-state index contributed by atoms with van der Waals surface area (Å²) in [6, 6.07) is 7.90. The molecule has 1 saturated heterocycles. The van der Waals surface area contributed by atoms with Gasteiger partial charge in [-0.2, -0.15) is 0 Å². The zero-order chi connectivity index (χ0) is 15.4. The topological polar surface area (TPSA) is 58.7 Å². The highest BCUT2D eigenvalue weighted by Crippen LogP contribution is 2.27. The van der Waals surface area contributed by atoms with Gasteiger partial charge >= 0.3 is 0 Å². The first-order valence-electron chi connectivity index (χ1n) is 7.86. The number of nitrogens with two attached hydrogens (primary N) is 1. The van der Waals surface area contributed by atoms with Crippen molar-refractivity contribution in [3.8, 4) is 5.75 Å². The summed E-state index contributed by atoms with van der Waals surface area (Å²) < 4.78 is 5.63. The molecule has 0 spiro atoms. The molecule has 1 aliphatic heterocycles. The molecule has 4 atom stereocenters. The molecule has 0 aromatic heterocycles. The van der Waals surface area contributed by atoms with Gasteiger partial charge in [0, 0.05) is 19.1 Å². The highest BCUT2D eigenvalue weighted by Gasteiger charge is 2.29. The summed E-state index contributed by atoms with van der Waals surface area (Å²) in [5.74, 6) is 2.01. The lowest BCUT2D eigenvalue weighted by Crippen LogP contribution is -2.49. The van der Waals surface area contributed by atoms with Crippen LogP contribution in [0, 0.1) is 11.8 Å². The number of hydrogen-bond acceptors (Lipinski definition) is 4. The summed E-state index contributed by atoms with van der Waals surface area (Å²) in [5.41, 5.74) is 6.44. The monoisotopic (exact) mass is 292 g/mol. The molecule has 1 fully saturated rings. The molecule has 4 heteroatoms. The van der Waals surface area contributed by atoms with E-state index >= 15 is 0 Å². The molecule has 2 rings (SSSR count). The van der Waals surface area contributed by atoms with Gasteiger partial charge in [-0.1, -0.05) is 26.0 Å². The third-order valence-electron chi connectivity index (χ3n) is 4.52. The number of nitrogen functional groups attached to an aromatic ring is 1. The van der Waals surface area contributed by atoms with Gasteiger partial charge < -0.3 is 15.6 Å². The van der Waals surface area contributed by atoms with Gasteiger partial charge in [0.1, 0.15) is 18.5 Å². The van der Waals surface area contributed by atoms with Crippen LogP contribution in [0.3, 0.4) is 0 Å². The molecular formula is C17H28N2O2. The molecule has 4 nitrogen and oxygen atoms in total. The summed E-state index contributed by atoms with van der Waals surface area (Å²) in [6.07, 6.45) is 0.773. The van der Waals surface area contributed by atoms with Crippen LogP contribution >= 0.6 is 0 Å². The van der Waals surface area contributed by atoms with Crippen molar-refractivity contribution in [2.24, 2.45) is 11.8 Å². The van der Waals surface area contributed by atoms with E-state index in [9.17, 15) is 5.11 Å². The van der Waals surface area contributed by atoms with E-state index in [4.69, 9.17) is 10.5 Å². The third-order valence-corrected chi connectivity index (χ3v) is 4.52. The van der Waals surface area contributed by atoms with E-state index in [0.717, 1.165) is 6.54 Å². The van der Waals surface area contributed by atoms with Crippen molar-refractivity contribution in [2.45, 2.75) is 39.3 Å². The molecule has 118 valence electrons. The van der Waals surface area contributed by atoms with E-state index in [-0.39, 0.29) is 6.61 Å². The number of nitrogens with zero attached hydrogens (tertiary/aromatic N) is 1. The second-order valence-corrected chi connectivity index (χ2v) is 6.52. The quantitative estimate of drug-likeness (QED) is 0.818. The number of likely N-dealkylation sites (tertiary alicyclic amines) is 1. The standard InChI is InChI=1S/C17H28N2O2/c1-12-8-13(2)14(3)19(9-12)10-15(20)11-21-17-7-5-4-6-16(17)18/h4-7,12-15,20H,8-11,18H2,1-3H3. The average molecular weight is 292 g/mol. The SMILES string of the molecule is CC1CC(C)C(C)N(CC(O)COc2ccccc2N)C1. The Morgan fingerprint density at radius 1 is 1.33 bits per heavy atom. The van der Waals surface area contributed by atoms with Crippen LogP contribution in [0.4, 0.5) is 5.69 Å². The normalized spacial score (nSPS) is 28.3. The number of benzene rings is 1. The van der Waals surface area contributed by atoms with Crippen molar-refractivity contribution in [1.29, 1.82) is 0 Å². The summed E-state index contributed by atoms with van der Waals surface area (Å²) in [4.78, 5) is 2.38. The van der Waals surface area contributed by atoms with Crippen LogP contribution in [-0.4, -0.2) is 41.8 Å². The van der Waals surface area contributed by atoms with E-state index in [2.05, 4.69) is 25.7 Å². The maximum atomic E-state index is 10.2. The predicted molar refractivity (Wildman–Crippen MR) is 86.3 cm³/mol. The van der Waals surface area contributed by atoms with Crippen molar-refractivity contribution in [3.63, 3.8) is 0 Å². The molecule has 3 N–H and O–H groups in total. The fourth-order valence-corrected chi connectivity index (χ4v) is 3.19. The van der Waals surface area contributed by atoms with Gasteiger partial charge in [0.05, 0.1) is 5.69 Å². The smallest absolute Gasteiger partial charge is 0.142 e. The van der Waals surface area contributed by atoms with Crippen LogP contribution in [0.1, 0.15) is 27.2 Å². The second kappa shape index (κ2) is 7.14. The Bertz CT molecular complexity index is 452. The van der Waals surface area contributed by atoms with E-state index in [1.54, 1.807) is 6.07 Å². The number of rotatable bonds is 5. The van der Waals surface area contributed by atoms with Crippen molar-refractivity contribution in [1.82, 2.24) is 4.90 Å². The number of hydrogen-bond donors (Lipinski definition) is 2. The van der Waals surface area contributed by atoms with Gasteiger partial charge in [-0.3, -0.25) is 4.90 Å². The van der Waals surface area contributed by atoms with Crippen molar-refractivity contribution >= 4 is 5.69 Å². The number of ether oxygens (including phenoxy) is 1. The molecule has 1 aliphatic rings. The molecule has 4 unspecified atom stereocenters. The number of β-amino-alcohol motifs (C(OH)–C–C–N with tert-alkyl or cyclic N) is 1. The summed E-state index contributed by atoms with van der Waals surface area (Å²) in [6.45, 7) is 8.81. The minimum atomic E-state index is -0.496. The van der Waals surface area contributed by atoms with E-state index in [1.807, 2.05) is 18.2 Å². The number of para-hydroxylation sites is 2. The van der Waals surface area contributed by atoms with E-state index in [0.29, 0.717) is 35.9 Å². The lowest BCUT2D eigenvalue weighted by Gasteiger charge is -2.41. The Morgan fingerprint density at radius 3 is 2.76 bits per heavy atom. The van der Waals surface area contributed by atoms with E-state index in [1.165, 1.54) is 6.42 Å². The minimum Gasteiger partial charge on any atom is -0.489 e. The van der Waals surface area contributed by atoms with Crippen LogP contribution in [0.5, 0.6) is 5.75 Å². The molecule has 0 amide bonds. The summed E-state index contributed by atoms with van der Waals surface area (Å²) in [7, 11) is 0. The molecule has 1 aromatic carbocycles. The molecule has 1 aromatic rings. The number of aliphatic hydroxyl groups is 1. The van der Waals surface area contributed by atoms with Gasteiger partial charge in [0.2, 0.25) is 0 Å². The van der Waals surface area contributed by atoms with Crippen LogP contribution < -0.4 is 10.5 Å². The Morgan fingerprint density at radius 2 is 2.05 bits per heavy atom. The summed E-state index contributed by atoms with van der Waals surface area (Å²) in [5, 5.41) is 10.2. The number of anilines is 1. The zero-order valence-electron chi connectivity index (χ0n) is 13.3. The Hall–Kier alpha value is -1.26. The molecular weight excluding hydrogens is 264 g/mol. The molecule has 0 saturated carbocycles. The first-order valence-corrected chi connectivity index (χ1v) is 7.86. The van der Waals surface area contributed by atoms with Crippen LogP contribution in [0.25, 0.3) is 0 Å². The first-order chi connectivity index (χ1) is 9.97. The van der Waals surface area contributed by atoms with Gasteiger partial charge in [-0.05, 0) is 37.3 Å². The fraction of sp³-hybridized carbons (Fsp3) is 0.647. The van der Waals surface area contributed by atoms with Gasteiger partial charge in [0.15, 0.2) is 0 Å². The summed E-state index contributed by atoms with van der Waals surface area (Å²) >= 11 is 0. The van der Waals surface area contributed by atoms with Crippen molar-refractivity contribution in [2.75, 3.05) is 25.4 Å². The lowest BCUT2D eigenvalue weighted by molar-refractivity contribution is 0.0149. The molecule has 0 aliphatic carbocycles. The first kappa shape index (κ1) is 16.1. The van der Waals surface area contributed by atoms with Crippen LogP contribution in [-0.2, 0) is 0 Å². The van der Waals surface area contributed by atoms with Gasteiger partial charge in [-0.25, -0.2) is 0 Å².